The summed E-state index contributed by atoms with van der Waals surface area (Å²) in [7, 11) is 1.24. The van der Waals surface area contributed by atoms with E-state index >= 15 is 0 Å². The number of benzene rings is 1. The number of carbonyl (C=O) groups excluding carboxylic acids is 2. The second kappa shape index (κ2) is 6.69. The number of non-ortho nitro benzene ring substituents is 1. The molecule has 0 bridgehead atoms. The maximum absolute atomic E-state index is 11.5. The fraction of sp³-hybridized carbons (Fsp3) is 0.385. The normalized spacial score (nSPS) is 10.6. The molecule has 0 fully saturated rings. The summed E-state index contributed by atoms with van der Waals surface area (Å²) in [6.45, 7) is 2.89. The number of nitro groups is 1. The fourth-order valence-corrected chi connectivity index (χ4v) is 1.34. The van der Waals surface area contributed by atoms with E-state index in [2.05, 4.69) is 4.74 Å². The number of rotatable bonds is 5. The molecule has 1 aromatic carbocycles. The molecule has 114 valence electrons. The molecule has 0 saturated carbocycles. The first-order chi connectivity index (χ1) is 9.76. The van der Waals surface area contributed by atoms with Crippen molar-refractivity contribution >= 4 is 17.8 Å². The third-order valence-electron chi connectivity index (χ3n) is 2.54. The zero-order chi connectivity index (χ0) is 16.0. The number of nitro benzene ring substituents is 1. The van der Waals surface area contributed by atoms with E-state index in [1.807, 2.05) is 0 Å². The third-order valence-corrected chi connectivity index (χ3v) is 2.54. The lowest BCUT2D eigenvalue weighted by atomic mass is 9.95. The number of carbonyl (C=O) groups is 2. The van der Waals surface area contributed by atoms with Crippen molar-refractivity contribution in [2.45, 2.75) is 13.8 Å². The Kier molecular flexibility index (Phi) is 5.23. The molecular formula is C13H15NO7. The first kappa shape index (κ1) is 16.4. The van der Waals surface area contributed by atoms with Gasteiger partial charge in [-0.25, -0.2) is 4.79 Å². The SMILES string of the molecule is COC(=O)C(C)(C)COC(=O)Oc1ccc([N+](=O)[O-])cc1. The predicted molar refractivity (Wildman–Crippen MR) is 70.9 cm³/mol. The van der Waals surface area contributed by atoms with E-state index in [0.29, 0.717) is 0 Å². The second-order valence-corrected chi connectivity index (χ2v) is 4.77. The molecule has 0 aliphatic carbocycles. The van der Waals surface area contributed by atoms with Gasteiger partial charge in [-0.3, -0.25) is 14.9 Å². The molecule has 0 unspecified atom stereocenters. The van der Waals surface area contributed by atoms with Crippen LogP contribution in [0.1, 0.15) is 13.8 Å². The number of hydrogen-bond donors (Lipinski definition) is 0. The minimum Gasteiger partial charge on any atom is -0.469 e. The summed E-state index contributed by atoms with van der Waals surface area (Å²) in [6.07, 6.45) is -1.01. The fourth-order valence-electron chi connectivity index (χ4n) is 1.34. The number of ether oxygens (including phenoxy) is 3. The largest absolute Gasteiger partial charge is 0.513 e. The van der Waals surface area contributed by atoms with Crippen molar-refractivity contribution in [3.63, 3.8) is 0 Å². The number of esters is 1. The van der Waals surface area contributed by atoms with E-state index in [0.717, 1.165) is 0 Å². The van der Waals surface area contributed by atoms with Crippen LogP contribution >= 0.6 is 0 Å². The van der Waals surface area contributed by atoms with Gasteiger partial charge >= 0.3 is 12.1 Å². The average molecular weight is 297 g/mol. The molecule has 0 amide bonds. The molecule has 0 atom stereocenters. The topological polar surface area (TPSA) is 105 Å². The summed E-state index contributed by atoms with van der Waals surface area (Å²) < 4.78 is 14.2. The Morgan fingerprint density at radius 2 is 1.81 bits per heavy atom. The van der Waals surface area contributed by atoms with E-state index in [1.165, 1.54) is 31.4 Å². The van der Waals surface area contributed by atoms with E-state index in [4.69, 9.17) is 9.47 Å². The van der Waals surface area contributed by atoms with E-state index < -0.39 is 22.5 Å². The maximum Gasteiger partial charge on any atom is 0.513 e. The van der Waals surface area contributed by atoms with Gasteiger partial charge < -0.3 is 14.2 Å². The highest BCUT2D eigenvalue weighted by Gasteiger charge is 2.31. The summed E-state index contributed by atoms with van der Waals surface area (Å²) in [6, 6.07) is 4.93. The first-order valence-electron chi connectivity index (χ1n) is 5.94. The van der Waals surface area contributed by atoms with Crippen LogP contribution < -0.4 is 4.74 Å². The Morgan fingerprint density at radius 3 is 2.29 bits per heavy atom. The molecule has 0 saturated heterocycles. The van der Waals surface area contributed by atoms with Gasteiger partial charge in [-0.05, 0) is 26.0 Å². The summed E-state index contributed by atoms with van der Waals surface area (Å²) in [5, 5.41) is 10.5. The molecule has 0 N–H and O–H groups in total. The van der Waals surface area contributed by atoms with Crippen LogP contribution in [0, 0.1) is 15.5 Å². The maximum atomic E-state index is 11.5. The van der Waals surface area contributed by atoms with Gasteiger partial charge in [0, 0.05) is 12.1 Å². The molecule has 0 aliphatic rings. The van der Waals surface area contributed by atoms with Gasteiger partial charge in [-0.15, -0.1) is 0 Å². The van der Waals surface area contributed by atoms with Crippen LogP contribution in [0.4, 0.5) is 10.5 Å². The first-order valence-corrected chi connectivity index (χ1v) is 5.94. The van der Waals surface area contributed by atoms with Gasteiger partial charge in [0.05, 0.1) is 17.4 Å². The Hall–Kier alpha value is -2.64. The standard InChI is InChI=1S/C13H15NO7/c1-13(2,11(15)19-3)8-20-12(16)21-10-6-4-9(5-7-10)14(17)18/h4-7H,8H2,1-3H3. The van der Waals surface area contributed by atoms with Gasteiger partial charge in [0.15, 0.2) is 0 Å². The molecular weight excluding hydrogens is 282 g/mol. The molecule has 1 rings (SSSR count). The van der Waals surface area contributed by atoms with E-state index in [9.17, 15) is 19.7 Å². The van der Waals surface area contributed by atoms with Crippen molar-refractivity contribution in [1.29, 1.82) is 0 Å². The van der Waals surface area contributed by atoms with Crippen molar-refractivity contribution in [2.75, 3.05) is 13.7 Å². The van der Waals surface area contributed by atoms with Crippen LogP contribution in [0.5, 0.6) is 5.75 Å². The Bertz CT molecular complexity index is 536. The minimum atomic E-state index is -1.01. The number of hydrogen-bond acceptors (Lipinski definition) is 7. The lowest BCUT2D eigenvalue weighted by Gasteiger charge is -2.20. The predicted octanol–water partition coefficient (Wildman–Crippen LogP) is 2.31. The Morgan fingerprint density at radius 1 is 1.24 bits per heavy atom. The summed E-state index contributed by atoms with van der Waals surface area (Å²) >= 11 is 0. The smallest absolute Gasteiger partial charge is 0.469 e. The molecule has 1 aromatic rings. The average Bonchev–Trinajstić information content (AvgIpc) is 2.45. The lowest BCUT2D eigenvalue weighted by molar-refractivity contribution is -0.384. The van der Waals surface area contributed by atoms with Crippen LogP contribution in [0.25, 0.3) is 0 Å². The molecule has 0 radical (unpaired) electrons. The molecule has 0 spiro atoms. The van der Waals surface area contributed by atoms with Gasteiger partial charge in [-0.2, -0.15) is 0 Å². The van der Waals surface area contributed by atoms with Crippen LogP contribution in [-0.2, 0) is 14.3 Å². The summed E-state index contributed by atoms with van der Waals surface area (Å²) in [5.41, 5.74) is -1.12. The van der Waals surface area contributed by atoms with Crippen LogP contribution in [0.2, 0.25) is 0 Å². The van der Waals surface area contributed by atoms with Crippen LogP contribution in [-0.4, -0.2) is 30.8 Å². The van der Waals surface area contributed by atoms with Crippen LogP contribution in [0.15, 0.2) is 24.3 Å². The Balaban J connectivity index is 2.54. The molecule has 21 heavy (non-hydrogen) atoms. The van der Waals surface area contributed by atoms with E-state index in [1.54, 1.807) is 13.8 Å². The molecule has 8 nitrogen and oxygen atoms in total. The highest BCUT2D eigenvalue weighted by Crippen LogP contribution is 2.20. The van der Waals surface area contributed by atoms with Crippen molar-refractivity contribution in [3.05, 3.63) is 34.4 Å². The highest BCUT2D eigenvalue weighted by molar-refractivity contribution is 5.76. The summed E-state index contributed by atoms with van der Waals surface area (Å²) in [4.78, 5) is 32.7. The third kappa shape index (κ3) is 4.75. The monoisotopic (exact) mass is 297 g/mol. The van der Waals surface area contributed by atoms with Crippen molar-refractivity contribution in [1.82, 2.24) is 0 Å². The van der Waals surface area contributed by atoms with Crippen molar-refractivity contribution < 1.29 is 28.7 Å². The lowest BCUT2D eigenvalue weighted by Crippen LogP contribution is -2.32. The van der Waals surface area contributed by atoms with E-state index in [-0.39, 0.29) is 18.0 Å². The zero-order valence-corrected chi connectivity index (χ0v) is 11.8. The van der Waals surface area contributed by atoms with Gasteiger partial charge in [-0.1, -0.05) is 0 Å². The van der Waals surface area contributed by atoms with Crippen LogP contribution in [0.3, 0.4) is 0 Å². The van der Waals surface area contributed by atoms with Crippen molar-refractivity contribution in [2.24, 2.45) is 5.41 Å². The molecule has 0 aliphatic heterocycles. The second-order valence-electron chi connectivity index (χ2n) is 4.77. The molecule has 0 aromatic heterocycles. The number of nitrogens with zero attached hydrogens (tertiary/aromatic N) is 1. The molecule has 8 heteroatoms. The van der Waals surface area contributed by atoms with Gasteiger partial charge in [0.1, 0.15) is 12.4 Å². The zero-order valence-electron chi connectivity index (χ0n) is 11.8. The Labute approximate surface area is 120 Å². The molecule has 0 heterocycles. The van der Waals surface area contributed by atoms with Gasteiger partial charge in [0.2, 0.25) is 0 Å². The number of methoxy groups -OCH3 is 1. The van der Waals surface area contributed by atoms with Crippen molar-refractivity contribution in [3.8, 4) is 5.75 Å². The van der Waals surface area contributed by atoms with Gasteiger partial charge in [0.25, 0.3) is 5.69 Å². The minimum absolute atomic E-state index is 0.0986. The highest BCUT2D eigenvalue weighted by atomic mass is 16.7. The summed E-state index contributed by atoms with van der Waals surface area (Å²) in [5.74, 6) is -0.424. The quantitative estimate of drug-likeness (QED) is 0.355.